The number of nitrogens with zero attached hydrogens (tertiary/aromatic N) is 2. The summed E-state index contributed by atoms with van der Waals surface area (Å²) in [5.74, 6) is 0. The van der Waals surface area contributed by atoms with Gasteiger partial charge in [0.05, 0.1) is 0 Å². The van der Waals surface area contributed by atoms with Gasteiger partial charge in [0.25, 0.3) is 0 Å². The van der Waals surface area contributed by atoms with Crippen molar-refractivity contribution in [1.82, 2.24) is 9.80 Å². The van der Waals surface area contributed by atoms with Crippen molar-refractivity contribution >= 4 is 6.08 Å². The first kappa shape index (κ1) is 12.2. The van der Waals surface area contributed by atoms with Crippen LogP contribution in [0.1, 0.15) is 12.0 Å². The molecule has 2 heteroatoms. The Kier molecular flexibility index (Phi) is 4.63. The fourth-order valence-corrected chi connectivity index (χ4v) is 2.12. The van der Waals surface area contributed by atoms with E-state index in [1.54, 1.807) is 0 Å². The highest BCUT2D eigenvalue weighted by Gasteiger charge is 2.12. The van der Waals surface area contributed by atoms with Crippen molar-refractivity contribution in [3.63, 3.8) is 0 Å². The summed E-state index contributed by atoms with van der Waals surface area (Å²) < 4.78 is 0. The summed E-state index contributed by atoms with van der Waals surface area (Å²) in [7, 11) is 0. The first-order chi connectivity index (χ1) is 8.38. The van der Waals surface area contributed by atoms with Gasteiger partial charge in [0.15, 0.2) is 0 Å². The van der Waals surface area contributed by atoms with E-state index in [9.17, 15) is 0 Å². The third kappa shape index (κ3) is 3.90. The van der Waals surface area contributed by atoms with Crippen LogP contribution in [0.15, 0.2) is 36.5 Å². The van der Waals surface area contributed by atoms with Gasteiger partial charge in [-0.05, 0) is 30.8 Å². The molecule has 2 rings (SSSR count). The molecule has 0 saturated carbocycles. The second-order valence-corrected chi connectivity index (χ2v) is 4.46. The molecule has 91 valence electrons. The van der Waals surface area contributed by atoms with Crippen molar-refractivity contribution in [1.29, 1.82) is 0 Å². The zero-order valence-electron chi connectivity index (χ0n) is 10.4. The molecule has 0 bridgehead atoms. The van der Waals surface area contributed by atoms with Gasteiger partial charge in [-0.3, -0.25) is 4.90 Å². The molecule has 1 radical (unpaired) electrons. The molecule has 0 aliphatic carbocycles. The van der Waals surface area contributed by atoms with Crippen LogP contribution in [0.3, 0.4) is 0 Å². The predicted octanol–water partition coefficient (Wildman–Crippen LogP) is 2.50. The minimum Gasteiger partial charge on any atom is -0.375 e. The fraction of sp³-hybridized carbons (Fsp3) is 0.400. The van der Waals surface area contributed by atoms with Crippen LogP contribution >= 0.6 is 0 Å². The van der Waals surface area contributed by atoms with Crippen molar-refractivity contribution in [3.8, 4) is 0 Å². The van der Waals surface area contributed by atoms with Gasteiger partial charge in [0.2, 0.25) is 0 Å². The molecule has 2 nitrogen and oxygen atoms in total. The predicted molar refractivity (Wildman–Crippen MR) is 73.5 cm³/mol. The average molecular weight is 229 g/mol. The van der Waals surface area contributed by atoms with Crippen LogP contribution in [0.25, 0.3) is 6.08 Å². The molecule has 0 aromatic heterocycles. The molecule has 1 aliphatic heterocycles. The Hall–Kier alpha value is -1.28. The smallest absolute Gasteiger partial charge is 0.0300 e. The van der Waals surface area contributed by atoms with Crippen molar-refractivity contribution in [2.45, 2.75) is 6.42 Å². The summed E-state index contributed by atoms with van der Waals surface area (Å²) in [5, 5.41) is 0. The molecule has 0 unspecified atom stereocenters. The maximum atomic E-state index is 3.91. The summed E-state index contributed by atoms with van der Waals surface area (Å²) in [6.07, 6.45) is 5.42. The Bertz CT molecular complexity index is 337. The Morgan fingerprint density at radius 2 is 1.76 bits per heavy atom. The van der Waals surface area contributed by atoms with E-state index in [-0.39, 0.29) is 0 Å². The molecule has 1 aliphatic rings. The SMILES string of the molecule is [CH2]CCN1CCN(C=Cc2ccccc2)CC1. The van der Waals surface area contributed by atoms with E-state index >= 15 is 0 Å². The highest BCUT2D eigenvalue weighted by molar-refractivity contribution is 5.48. The number of piperazine rings is 1. The lowest BCUT2D eigenvalue weighted by Gasteiger charge is -2.33. The third-order valence-corrected chi connectivity index (χ3v) is 3.16. The minimum atomic E-state index is 1.01. The van der Waals surface area contributed by atoms with Crippen LogP contribution in [0.4, 0.5) is 0 Å². The zero-order valence-corrected chi connectivity index (χ0v) is 10.4. The van der Waals surface area contributed by atoms with Gasteiger partial charge in [-0.2, -0.15) is 0 Å². The molecule has 0 N–H and O–H groups in total. The molecular formula is C15H21N2. The standard InChI is InChI=1S/C15H21N2/c1-2-9-16-11-13-17(14-12-16)10-8-15-6-4-3-5-7-15/h3-8,10H,1-2,9,11-14H2. The van der Waals surface area contributed by atoms with Crippen LogP contribution < -0.4 is 0 Å². The molecule has 0 spiro atoms. The Morgan fingerprint density at radius 3 is 2.41 bits per heavy atom. The molecule has 1 aromatic rings. The maximum Gasteiger partial charge on any atom is 0.0300 e. The van der Waals surface area contributed by atoms with Gasteiger partial charge in [0, 0.05) is 26.2 Å². The average Bonchev–Trinajstić information content (AvgIpc) is 2.40. The number of hydrogen-bond acceptors (Lipinski definition) is 2. The van der Waals surface area contributed by atoms with E-state index in [1.165, 1.54) is 5.56 Å². The van der Waals surface area contributed by atoms with Crippen LogP contribution in [0.5, 0.6) is 0 Å². The normalized spacial score (nSPS) is 17.8. The first-order valence-corrected chi connectivity index (χ1v) is 6.37. The second kappa shape index (κ2) is 6.45. The van der Waals surface area contributed by atoms with Crippen LogP contribution in [-0.2, 0) is 0 Å². The van der Waals surface area contributed by atoms with Crippen LogP contribution in [0.2, 0.25) is 0 Å². The second-order valence-electron chi connectivity index (χ2n) is 4.46. The Morgan fingerprint density at radius 1 is 1.06 bits per heavy atom. The molecule has 1 heterocycles. The van der Waals surface area contributed by atoms with E-state index in [2.05, 4.69) is 59.3 Å². The third-order valence-electron chi connectivity index (χ3n) is 3.16. The van der Waals surface area contributed by atoms with Gasteiger partial charge < -0.3 is 4.90 Å². The monoisotopic (exact) mass is 229 g/mol. The van der Waals surface area contributed by atoms with Crippen molar-refractivity contribution < 1.29 is 0 Å². The number of rotatable bonds is 4. The van der Waals surface area contributed by atoms with Gasteiger partial charge in [-0.25, -0.2) is 0 Å². The van der Waals surface area contributed by atoms with Gasteiger partial charge in [0.1, 0.15) is 0 Å². The lowest BCUT2D eigenvalue weighted by atomic mass is 10.2. The maximum absolute atomic E-state index is 3.91. The quantitative estimate of drug-likeness (QED) is 0.782. The highest BCUT2D eigenvalue weighted by atomic mass is 15.2. The first-order valence-electron chi connectivity index (χ1n) is 6.37. The fourth-order valence-electron chi connectivity index (χ4n) is 2.12. The lowest BCUT2D eigenvalue weighted by Crippen LogP contribution is -2.44. The van der Waals surface area contributed by atoms with E-state index in [0.717, 1.165) is 39.1 Å². The Labute approximate surface area is 105 Å². The molecule has 1 fully saturated rings. The van der Waals surface area contributed by atoms with E-state index in [0.29, 0.717) is 0 Å². The molecule has 1 saturated heterocycles. The number of benzene rings is 1. The van der Waals surface area contributed by atoms with Gasteiger partial charge in [-0.15, -0.1) is 0 Å². The summed E-state index contributed by atoms with van der Waals surface area (Å²) in [6.45, 7) is 9.62. The van der Waals surface area contributed by atoms with E-state index in [1.807, 2.05) is 0 Å². The van der Waals surface area contributed by atoms with Crippen molar-refractivity contribution in [3.05, 3.63) is 49.0 Å². The zero-order chi connectivity index (χ0) is 11.9. The summed E-state index contributed by atoms with van der Waals surface area (Å²) >= 11 is 0. The van der Waals surface area contributed by atoms with Gasteiger partial charge >= 0.3 is 0 Å². The van der Waals surface area contributed by atoms with Crippen molar-refractivity contribution in [2.24, 2.45) is 0 Å². The van der Waals surface area contributed by atoms with E-state index in [4.69, 9.17) is 0 Å². The lowest BCUT2D eigenvalue weighted by molar-refractivity contribution is 0.171. The molecule has 0 amide bonds. The highest BCUT2D eigenvalue weighted by Crippen LogP contribution is 2.06. The molecule has 0 atom stereocenters. The van der Waals surface area contributed by atoms with Gasteiger partial charge in [-0.1, -0.05) is 37.3 Å². The Balaban J connectivity index is 1.80. The summed E-state index contributed by atoms with van der Waals surface area (Å²) in [4.78, 5) is 4.88. The summed E-state index contributed by atoms with van der Waals surface area (Å²) in [6, 6.07) is 10.5. The molecule has 17 heavy (non-hydrogen) atoms. The van der Waals surface area contributed by atoms with Crippen molar-refractivity contribution in [2.75, 3.05) is 32.7 Å². The summed E-state index contributed by atoms with van der Waals surface area (Å²) in [5.41, 5.74) is 1.27. The van der Waals surface area contributed by atoms with E-state index < -0.39 is 0 Å². The van der Waals surface area contributed by atoms with Crippen LogP contribution in [-0.4, -0.2) is 42.5 Å². The molecule has 1 aromatic carbocycles. The number of hydrogen-bond donors (Lipinski definition) is 0. The van der Waals surface area contributed by atoms with Crippen LogP contribution in [0, 0.1) is 6.92 Å². The minimum absolute atomic E-state index is 1.01. The largest absolute Gasteiger partial charge is 0.375 e. The molecular weight excluding hydrogens is 208 g/mol. The topological polar surface area (TPSA) is 6.48 Å².